The minimum atomic E-state index is -0.469. The summed E-state index contributed by atoms with van der Waals surface area (Å²) >= 11 is 3.24. The van der Waals surface area contributed by atoms with Gasteiger partial charge in [0.1, 0.15) is 0 Å². The fraction of sp³-hybridized carbons (Fsp3) is 0.250. The molecule has 22 heavy (non-hydrogen) atoms. The maximum absolute atomic E-state index is 12.8. The lowest BCUT2D eigenvalue weighted by molar-refractivity contribution is 0.0953. The van der Waals surface area contributed by atoms with Gasteiger partial charge in [-0.1, -0.05) is 6.07 Å². The van der Waals surface area contributed by atoms with Gasteiger partial charge in [-0.05, 0) is 59.5 Å². The van der Waals surface area contributed by atoms with Gasteiger partial charge in [0, 0.05) is 23.4 Å². The molecule has 2 N–H and O–H groups in total. The predicted molar refractivity (Wildman–Crippen MR) is 86.1 cm³/mol. The molecule has 3 rings (SSSR count). The second-order valence-corrected chi connectivity index (χ2v) is 6.07. The van der Waals surface area contributed by atoms with Gasteiger partial charge in [0.15, 0.2) is 10.4 Å². The summed E-state index contributed by atoms with van der Waals surface area (Å²) in [6.07, 6.45) is 1.52. The first kappa shape index (κ1) is 14.8. The molecule has 0 bridgehead atoms. The maximum atomic E-state index is 12.8. The Morgan fingerprint density at radius 1 is 1.36 bits per heavy atom. The Labute approximate surface area is 136 Å². The summed E-state index contributed by atoms with van der Waals surface area (Å²) in [6.45, 7) is 2.41. The van der Waals surface area contributed by atoms with Crippen molar-refractivity contribution in [3.05, 3.63) is 51.4 Å². The summed E-state index contributed by atoms with van der Waals surface area (Å²) in [7, 11) is 0. The maximum Gasteiger partial charge on any atom is 0.294 e. The zero-order valence-electron chi connectivity index (χ0n) is 12.1. The Hall–Kier alpha value is -2.08. The van der Waals surface area contributed by atoms with Gasteiger partial charge in [-0.3, -0.25) is 9.59 Å². The molecular weight excluding hydrogens is 348 g/mol. The van der Waals surface area contributed by atoms with E-state index in [9.17, 15) is 9.59 Å². The number of carbonyl (C=O) groups is 2. The largest absolute Gasteiger partial charge is 0.444 e. The van der Waals surface area contributed by atoms with Gasteiger partial charge < -0.3 is 15.1 Å². The van der Waals surface area contributed by atoms with E-state index in [4.69, 9.17) is 10.2 Å². The van der Waals surface area contributed by atoms with E-state index >= 15 is 0 Å². The molecule has 114 valence electrons. The first-order chi connectivity index (χ1) is 10.5. The van der Waals surface area contributed by atoms with Crippen LogP contribution in [-0.2, 0) is 6.42 Å². The van der Waals surface area contributed by atoms with Crippen LogP contribution < -0.4 is 10.6 Å². The zero-order chi connectivity index (χ0) is 15.9. The molecule has 2 heterocycles. The Morgan fingerprint density at radius 3 is 2.77 bits per heavy atom. The number of hydrogen-bond acceptors (Lipinski definition) is 3. The Morgan fingerprint density at radius 2 is 2.14 bits per heavy atom. The number of halogens is 1. The molecule has 1 aromatic carbocycles. The third-order valence-corrected chi connectivity index (χ3v) is 4.23. The minimum absolute atomic E-state index is 0.203. The van der Waals surface area contributed by atoms with Crippen LogP contribution >= 0.6 is 15.9 Å². The van der Waals surface area contributed by atoms with Crippen molar-refractivity contribution >= 4 is 33.4 Å². The van der Waals surface area contributed by atoms with Crippen molar-refractivity contribution in [1.29, 1.82) is 0 Å². The van der Waals surface area contributed by atoms with Crippen LogP contribution in [0, 0.1) is 6.92 Å². The zero-order valence-corrected chi connectivity index (χ0v) is 13.6. The normalized spacial score (nSPS) is 13.8. The molecule has 6 heteroatoms. The molecule has 0 aliphatic carbocycles. The summed E-state index contributed by atoms with van der Waals surface area (Å²) in [6, 6.07) is 7.05. The molecule has 0 saturated carbocycles. The second kappa shape index (κ2) is 5.61. The molecule has 2 aromatic rings. The number of rotatable bonds is 2. The van der Waals surface area contributed by atoms with Gasteiger partial charge in [-0.25, -0.2) is 0 Å². The quantitative estimate of drug-likeness (QED) is 0.891. The van der Waals surface area contributed by atoms with Crippen LogP contribution in [0.1, 0.15) is 38.5 Å². The van der Waals surface area contributed by atoms with E-state index < -0.39 is 5.91 Å². The standard InChI is InChI=1S/C16H15BrN2O3/c1-9-8-13(17)22-14(9)16(21)19-7-3-5-10-11(15(18)20)4-2-6-12(10)19/h2,4,6,8H,3,5,7H2,1H3,(H2,18,20). The monoisotopic (exact) mass is 362 g/mol. The van der Waals surface area contributed by atoms with Gasteiger partial charge in [0.25, 0.3) is 5.91 Å². The molecule has 2 amide bonds. The number of benzene rings is 1. The number of nitrogens with zero attached hydrogens (tertiary/aromatic N) is 1. The van der Waals surface area contributed by atoms with Gasteiger partial charge in [0.05, 0.1) is 0 Å². The summed E-state index contributed by atoms with van der Waals surface area (Å²) in [5, 5.41) is 0. The summed E-state index contributed by atoms with van der Waals surface area (Å²) in [4.78, 5) is 26.0. The molecule has 0 fully saturated rings. The van der Waals surface area contributed by atoms with Crippen LogP contribution in [0.3, 0.4) is 0 Å². The van der Waals surface area contributed by atoms with E-state index in [0.29, 0.717) is 22.5 Å². The lowest BCUT2D eigenvalue weighted by atomic mass is 9.95. The number of primary amides is 1. The van der Waals surface area contributed by atoms with Crippen molar-refractivity contribution < 1.29 is 14.0 Å². The SMILES string of the molecule is Cc1cc(Br)oc1C(=O)N1CCCc2c(C(N)=O)cccc21. The number of carbonyl (C=O) groups excluding carboxylic acids is 2. The van der Waals surface area contributed by atoms with Crippen LogP contribution in [0.2, 0.25) is 0 Å². The molecule has 1 aromatic heterocycles. The van der Waals surface area contributed by atoms with Gasteiger partial charge in [-0.15, -0.1) is 0 Å². The molecule has 5 nitrogen and oxygen atoms in total. The van der Waals surface area contributed by atoms with E-state index in [1.807, 2.05) is 13.0 Å². The van der Waals surface area contributed by atoms with Crippen molar-refractivity contribution in [1.82, 2.24) is 0 Å². The molecule has 0 radical (unpaired) electrons. The smallest absolute Gasteiger partial charge is 0.294 e. The first-order valence-corrected chi connectivity index (χ1v) is 7.78. The number of hydrogen-bond donors (Lipinski definition) is 1. The molecule has 0 spiro atoms. The van der Waals surface area contributed by atoms with E-state index in [2.05, 4.69) is 15.9 Å². The third-order valence-electron chi connectivity index (χ3n) is 3.84. The van der Waals surface area contributed by atoms with Crippen LogP contribution in [0.4, 0.5) is 5.69 Å². The average molecular weight is 363 g/mol. The number of fused-ring (bicyclic) bond motifs is 1. The minimum Gasteiger partial charge on any atom is -0.444 e. The first-order valence-electron chi connectivity index (χ1n) is 6.98. The topological polar surface area (TPSA) is 76.5 Å². The highest BCUT2D eigenvalue weighted by atomic mass is 79.9. The van der Waals surface area contributed by atoms with Crippen LogP contribution in [0.25, 0.3) is 0 Å². The van der Waals surface area contributed by atoms with Crippen LogP contribution in [-0.4, -0.2) is 18.4 Å². The van der Waals surface area contributed by atoms with E-state index in [1.54, 1.807) is 23.1 Å². The fourth-order valence-corrected chi connectivity index (χ4v) is 3.35. The van der Waals surface area contributed by atoms with Crippen LogP contribution in [0.15, 0.2) is 33.4 Å². The fourth-order valence-electron chi connectivity index (χ4n) is 2.84. The number of anilines is 1. The average Bonchev–Trinajstić information content (AvgIpc) is 2.83. The van der Waals surface area contributed by atoms with Crippen LogP contribution in [0.5, 0.6) is 0 Å². The second-order valence-electron chi connectivity index (χ2n) is 5.29. The van der Waals surface area contributed by atoms with Gasteiger partial charge in [-0.2, -0.15) is 0 Å². The van der Waals surface area contributed by atoms with Gasteiger partial charge >= 0.3 is 0 Å². The number of furan rings is 1. The van der Waals surface area contributed by atoms with Crippen molar-refractivity contribution in [2.45, 2.75) is 19.8 Å². The van der Waals surface area contributed by atoms with Crippen molar-refractivity contribution in [2.24, 2.45) is 5.73 Å². The predicted octanol–water partition coefficient (Wildman–Crippen LogP) is 3.04. The van der Waals surface area contributed by atoms with Gasteiger partial charge in [0.2, 0.25) is 5.91 Å². The van der Waals surface area contributed by atoms with Crippen molar-refractivity contribution in [3.8, 4) is 0 Å². The van der Waals surface area contributed by atoms with E-state index in [-0.39, 0.29) is 5.91 Å². The molecule has 1 aliphatic rings. The summed E-state index contributed by atoms with van der Waals surface area (Å²) in [5.41, 5.74) is 8.25. The lowest BCUT2D eigenvalue weighted by Gasteiger charge is -2.30. The summed E-state index contributed by atoms with van der Waals surface area (Å²) < 4.78 is 5.98. The third kappa shape index (κ3) is 2.43. The molecule has 0 saturated heterocycles. The Bertz CT molecular complexity index is 767. The Kier molecular flexibility index (Phi) is 3.78. The van der Waals surface area contributed by atoms with Crippen molar-refractivity contribution in [2.75, 3.05) is 11.4 Å². The molecular formula is C16H15BrN2O3. The van der Waals surface area contributed by atoms with E-state index in [0.717, 1.165) is 29.7 Å². The highest BCUT2D eigenvalue weighted by Crippen LogP contribution is 2.32. The Balaban J connectivity index is 2.05. The number of amides is 2. The van der Waals surface area contributed by atoms with Crippen molar-refractivity contribution in [3.63, 3.8) is 0 Å². The number of aryl methyl sites for hydroxylation is 1. The molecule has 0 atom stereocenters. The lowest BCUT2D eigenvalue weighted by Crippen LogP contribution is -2.36. The molecule has 0 unspecified atom stereocenters. The van der Waals surface area contributed by atoms with E-state index in [1.165, 1.54) is 0 Å². The molecule has 1 aliphatic heterocycles. The number of nitrogens with two attached hydrogens (primary N) is 1. The highest BCUT2D eigenvalue weighted by Gasteiger charge is 2.29. The summed E-state index contributed by atoms with van der Waals surface area (Å²) in [5.74, 6) is -0.363. The highest BCUT2D eigenvalue weighted by molar-refractivity contribution is 9.10.